The molecule has 1 N–H and O–H groups in total. The van der Waals surface area contributed by atoms with Crippen LogP contribution in [0.3, 0.4) is 0 Å². The van der Waals surface area contributed by atoms with Crippen LogP contribution in [-0.4, -0.2) is 77.1 Å². The zero-order valence-corrected chi connectivity index (χ0v) is 21.9. The predicted octanol–water partition coefficient (Wildman–Crippen LogP) is 3.54. The number of rotatable bonds is 6. The van der Waals surface area contributed by atoms with E-state index in [1.165, 1.54) is 0 Å². The molecule has 8 nitrogen and oxygen atoms in total. The molecular weight excluding hydrogens is 486 g/mol. The molecule has 2 aliphatic heterocycles. The summed E-state index contributed by atoms with van der Waals surface area (Å²) in [7, 11) is 1.74. The third-order valence-electron chi connectivity index (χ3n) is 6.99. The summed E-state index contributed by atoms with van der Waals surface area (Å²) >= 11 is 1.64. The SMILES string of the molecule is CSCC[C@H]1C(=O)N(c2ccc3ccccc3c2)C[C@H]2N1C(=O)CN(C)N2C(=O)NCc1ccccc1. The molecule has 0 radical (unpaired) electrons. The van der Waals surface area contributed by atoms with Crippen LogP contribution in [0.4, 0.5) is 10.5 Å². The van der Waals surface area contributed by atoms with Crippen LogP contribution < -0.4 is 10.2 Å². The first kappa shape index (κ1) is 25.1. The topological polar surface area (TPSA) is 76.2 Å². The first-order chi connectivity index (χ1) is 18.0. The third-order valence-corrected chi connectivity index (χ3v) is 7.63. The monoisotopic (exact) mass is 517 g/mol. The second-order valence-corrected chi connectivity index (χ2v) is 10.3. The second-order valence-electron chi connectivity index (χ2n) is 9.36. The molecule has 2 heterocycles. The molecule has 37 heavy (non-hydrogen) atoms. The minimum absolute atomic E-state index is 0.0360. The molecule has 0 unspecified atom stereocenters. The van der Waals surface area contributed by atoms with Gasteiger partial charge in [-0.3, -0.25) is 9.59 Å². The summed E-state index contributed by atoms with van der Waals surface area (Å²) in [6, 6.07) is 22.7. The Morgan fingerprint density at radius 1 is 1.00 bits per heavy atom. The number of nitrogens with zero attached hydrogens (tertiary/aromatic N) is 4. The summed E-state index contributed by atoms with van der Waals surface area (Å²) < 4.78 is 0. The van der Waals surface area contributed by atoms with Crippen molar-refractivity contribution in [1.29, 1.82) is 0 Å². The molecule has 0 saturated carbocycles. The molecule has 2 saturated heterocycles. The average Bonchev–Trinajstić information content (AvgIpc) is 2.91. The van der Waals surface area contributed by atoms with Gasteiger partial charge >= 0.3 is 6.03 Å². The number of benzene rings is 3. The lowest BCUT2D eigenvalue weighted by atomic mass is 10.0. The van der Waals surface area contributed by atoms with E-state index in [9.17, 15) is 14.4 Å². The number of nitrogens with one attached hydrogen (secondary N) is 1. The Morgan fingerprint density at radius 3 is 2.49 bits per heavy atom. The molecular formula is C28H31N5O3S. The standard InChI is InChI=1S/C28H31N5O3S/c1-30-19-26(34)32-24(14-15-37-2)27(35)31(23-13-12-21-10-6-7-11-22(21)16-23)18-25(32)33(30)28(36)29-17-20-8-4-3-5-9-20/h3-13,16,24-25H,14-15,17-19H2,1-2H3,(H,29,36)/t24-,25-/m0/s1. The number of urea groups is 1. The van der Waals surface area contributed by atoms with E-state index in [2.05, 4.69) is 5.32 Å². The quantitative estimate of drug-likeness (QED) is 0.542. The summed E-state index contributed by atoms with van der Waals surface area (Å²) in [6.45, 7) is 0.601. The molecule has 3 aromatic rings. The number of hydrogen-bond donors (Lipinski definition) is 1. The normalized spacial score (nSPS) is 20.3. The number of carbonyl (C=O) groups excluding carboxylic acids is 3. The lowest BCUT2D eigenvalue weighted by molar-refractivity contribution is -0.174. The van der Waals surface area contributed by atoms with Gasteiger partial charge in [-0.2, -0.15) is 11.8 Å². The maximum atomic E-state index is 13.8. The molecule has 0 spiro atoms. The number of thioether (sulfide) groups is 1. The fourth-order valence-corrected chi connectivity index (χ4v) is 5.64. The maximum Gasteiger partial charge on any atom is 0.334 e. The highest BCUT2D eigenvalue weighted by molar-refractivity contribution is 7.98. The van der Waals surface area contributed by atoms with E-state index < -0.39 is 12.2 Å². The van der Waals surface area contributed by atoms with Crippen molar-refractivity contribution < 1.29 is 14.4 Å². The van der Waals surface area contributed by atoms with Gasteiger partial charge in [0.05, 0.1) is 13.1 Å². The zero-order valence-electron chi connectivity index (χ0n) is 21.0. The minimum Gasteiger partial charge on any atom is -0.333 e. The summed E-state index contributed by atoms with van der Waals surface area (Å²) in [5.41, 5.74) is 1.75. The molecule has 2 aliphatic rings. The number of anilines is 1. The van der Waals surface area contributed by atoms with Crippen molar-refractivity contribution in [1.82, 2.24) is 20.2 Å². The Morgan fingerprint density at radius 2 is 1.73 bits per heavy atom. The molecule has 2 fully saturated rings. The molecule has 0 aromatic heterocycles. The van der Waals surface area contributed by atoms with E-state index in [1.807, 2.05) is 79.1 Å². The van der Waals surface area contributed by atoms with Crippen molar-refractivity contribution >= 4 is 46.1 Å². The van der Waals surface area contributed by atoms with Crippen molar-refractivity contribution in [2.24, 2.45) is 0 Å². The summed E-state index contributed by atoms with van der Waals surface area (Å²) in [5, 5.41) is 8.37. The van der Waals surface area contributed by atoms with Crippen LogP contribution in [0.1, 0.15) is 12.0 Å². The lowest BCUT2D eigenvalue weighted by Crippen LogP contribution is -2.76. The molecule has 9 heteroatoms. The Balaban J connectivity index is 1.48. The van der Waals surface area contributed by atoms with Gasteiger partial charge in [0.2, 0.25) is 11.8 Å². The van der Waals surface area contributed by atoms with Gasteiger partial charge in [-0.1, -0.05) is 60.7 Å². The van der Waals surface area contributed by atoms with Gasteiger partial charge in [-0.05, 0) is 46.9 Å². The van der Waals surface area contributed by atoms with Crippen molar-refractivity contribution in [3.05, 3.63) is 78.4 Å². The lowest BCUT2D eigenvalue weighted by Gasteiger charge is -2.54. The Kier molecular flexibility index (Phi) is 7.34. The van der Waals surface area contributed by atoms with Crippen molar-refractivity contribution in [2.75, 3.05) is 37.0 Å². The van der Waals surface area contributed by atoms with Crippen LogP contribution >= 0.6 is 11.8 Å². The van der Waals surface area contributed by atoms with Crippen LogP contribution in [0.2, 0.25) is 0 Å². The van der Waals surface area contributed by atoms with E-state index in [1.54, 1.807) is 38.6 Å². The molecule has 0 aliphatic carbocycles. The number of carbonyl (C=O) groups is 3. The van der Waals surface area contributed by atoms with Gasteiger partial charge in [-0.15, -0.1) is 0 Å². The van der Waals surface area contributed by atoms with Gasteiger partial charge in [0.15, 0.2) is 0 Å². The molecule has 2 atom stereocenters. The zero-order chi connectivity index (χ0) is 25.9. The van der Waals surface area contributed by atoms with E-state index in [-0.39, 0.29) is 30.9 Å². The summed E-state index contributed by atoms with van der Waals surface area (Å²) in [4.78, 5) is 44.0. The van der Waals surface area contributed by atoms with Crippen molar-refractivity contribution in [3.8, 4) is 0 Å². The molecule has 192 valence electrons. The number of fused-ring (bicyclic) bond motifs is 2. The first-order valence-electron chi connectivity index (χ1n) is 12.4. The molecule has 0 bridgehead atoms. The van der Waals surface area contributed by atoms with E-state index >= 15 is 0 Å². The fraction of sp³-hybridized carbons (Fsp3) is 0.321. The van der Waals surface area contributed by atoms with Crippen molar-refractivity contribution in [3.63, 3.8) is 0 Å². The number of amides is 4. The number of likely N-dealkylation sites (N-methyl/N-ethyl adjacent to an activating group) is 1. The van der Waals surface area contributed by atoms with Gasteiger partial charge in [0, 0.05) is 19.3 Å². The largest absolute Gasteiger partial charge is 0.334 e. The summed E-state index contributed by atoms with van der Waals surface area (Å²) in [5.74, 6) is 0.481. The average molecular weight is 518 g/mol. The van der Waals surface area contributed by atoms with Gasteiger partial charge in [0.1, 0.15) is 12.2 Å². The Labute approximate surface area is 221 Å². The van der Waals surface area contributed by atoms with Crippen LogP contribution in [-0.2, 0) is 16.1 Å². The molecule has 5 rings (SSSR count). The predicted molar refractivity (Wildman–Crippen MR) is 147 cm³/mol. The van der Waals surface area contributed by atoms with Gasteiger partial charge in [-0.25, -0.2) is 14.8 Å². The number of hydrogen-bond acceptors (Lipinski definition) is 5. The fourth-order valence-electron chi connectivity index (χ4n) is 5.18. The highest BCUT2D eigenvalue weighted by Gasteiger charge is 2.50. The van der Waals surface area contributed by atoms with E-state index in [0.29, 0.717) is 13.0 Å². The smallest absolute Gasteiger partial charge is 0.333 e. The van der Waals surface area contributed by atoms with Crippen LogP contribution in [0, 0.1) is 0 Å². The van der Waals surface area contributed by atoms with Crippen molar-refractivity contribution in [2.45, 2.75) is 25.2 Å². The maximum absolute atomic E-state index is 13.8. The Bertz CT molecular complexity index is 1300. The molecule has 3 aromatic carbocycles. The third kappa shape index (κ3) is 5.01. The minimum atomic E-state index is -0.636. The number of piperazine rings is 1. The second kappa shape index (κ2) is 10.8. The Hall–Kier alpha value is -3.56. The number of hydrazine groups is 1. The van der Waals surface area contributed by atoms with Gasteiger partial charge in [0.25, 0.3) is 0 Å². The van der Waals surface area contributed by atoms with E-state index in [0.717, 1.165) is 27.8 Å². The van der Waals surface area contributed by atoms with Crippen LogP contribution in [0.25, 0.3) is 10.8 Å². The highest BCUT2D eigenvalue weighted by atomic mass is 32.2. The summed E-state index contributed by atoms with van der Waals surface area (Å²) in [6.07, 6.45) is 1.90. The van der Waals surface area contributed by atoms with Crippen LogP contribution in [0.15, 0.2) is 72.8 Å². The first-order valence-corrected chi connectivity index (χ1v) is 13.8. The van der Waals surface area contributed by atoms with Crippen LogP contribution in [0.5, 0.6) is 0 Å². The van der Waals surface area contributed by atoms with Gasteiger partial charge < -0.3 is 15.1 Å². The molecule has 4 amide bonds. The highest BCUT2D eigenvalue weighted by Crippen LogP contribution is 2.32. The van der Waals surface area contributed by atoms with E-state index in [4.69, 9.17) is 0 Å².